The summed E-state index contributed by atoms with van der Waals surface area (Å²) in [6.45, 7) is 5.11. The Hall–Kier alpha value is -3.38. The van der Waals surface area contributed by atoms with Gasteiger partial charge in [0.25, 0.3) is 0 Å². The van der Waals surface area contributed by atoms with Crippen LogP contribution in [0.15, 0.2) is 60.7 Å². The summed E-state index contributed by atoms with van der Waals surface area (Å²) in [4.78, 5) is 13.5. The Morgan fingerprint density at radius 3 is 2.33 bits per heavy atom. The Bertz CT molecular complexity index is 1080. The minimum absolute atomic E-state index is 0.0987. The molecule has 0 bridgehead atoms. The number of piperazine rings is 1. The number of hydrogen-bond acceptors (Lipinski definition) is 4. The second-order valence-electron chi connectivity index (χ2n) is 7.36. The number of rotatable bonds is 4. The molecule has 4 rings (SSSR count). The molecular weight excluding hydrogens is 381 g/mol. The molecule has 1 heterocycles. The zero-order chi connectivity index (χ0) is 21.1. The molecular formula is C24H24FN3O2. The zero-order valence-electron chi connectivity index (χ0n) is 16.8. The van der Waals surface area contributed by atoms with Gasteiger partial charge >= 0.3 is 0 Å². The van der Waals surface area contributed by atoms with E-state index < -0.39 is 5.82 Å². The van der Waals surface area contributed by atoms with Crippen molar-refractivity contribution in [3.05, 3.63) is 66.5 Å². The predicted octanol–water partition coefficient (Wildman–Crippen LogP) is 4.23. The molecule has 0 saturated carbocycles. The Kier molecular flexibility index (Phi) is 5.68. The summed E-state index contributed by atoms with van der Waals surface area (Å²) < 4.78 is 14.4. The van der Waals surface area contributed by atoms with Gasteiger partial charge in [-0.1, -0.05) is 36.4 Å². The molecule has 1 aliphatic heterocycles. The number of halogens is 1. The molecule has 1 aliphatic rings. The summed E-state index contributed by atoms with van der Waals surface area (Å²) >= 11 is 0. The van der Waals surface area contributed by atoms with Crippen molar-refractivity contribution < 1.29 is 14.3 Å². The van der Waals surface area contributed by atoms with Crippen LogP contribution in [0.3, 0.4) is 0 Å². The van der Waals surface area contributed by atoms with Crippen LogP contribution in [0.25, 0.3) is 22.3 Å². The number of aromatic hydroxyl groups is 1. The molecule has 6 heteroatoms. The summed E-state index contributed by atoms with van der Waals surface area (Å²) in [6, 6.07) is 18.1. The van der Waals surface area contributed by atoms with Crippen LogP contribution in [0.1, 0.15) is 6.92 Å². The number of phenols is 1. The Morgan fingerprint density at radius 1 is 1.00 bits per heavy atom. The third-order valence-electron chi connectivity index (χ3n) is 5.27. The quantitative estimate of drug-likeness (QED) is 0.608. The molecule has 1 amide bonds. The molecule has 3 aromatic carbocycles. The Morgan fingerprint density at radius 2 is 1.67 bits per heavy atom. The average Bonchev–Trinajstić information content (AvgIpc) is 2.76. The summed E-state index contributed by atoms with van der Waals surface area (Å²) in [5, 5.41) is 16.8. The van der Waals surface area contributed by atoms with E-state index in [0.29, 0.717) is 16.7 Å². The largest absolute Gasteiger partial charge is 0.507 e. The molecule has 0 radical (unpaired) electrons. The molecule has 0 spiro atoms. The molecule has 154 valence electrons. The van der Waals surface area contributed by atoms with E-state index in [1.165, 1.54) is 19.1 Å². The summed E-state index contributed by atoms with van der Waals surface area (Å²) in [7, 11) is 0. The van der Waals surface area contributed by atoms with Crippen LogP contribution in [0.5, 0.6) is 5.75 Å². The van der Waals surface area contributed by atoms with E-state index in [9.17, 15) is 14.3 Å². The Labute approximate surface area is 175 Å². The Balaban J connectivity index is 1.69. The highest BCUT2D eigenvalue weighted by Crippen LogP contribution is 2.39. The zero-order valence-corrected chi connectivity index (χ0v) is 16.8. The van der Waals surface area contributed by atoms with Gasteiger partial charge in [0.15, 0.2) is 0 Å². The lowest BCUT2D eigenvalue weighted by molar-refractivity contribution is -0.114. The van der Waals surface area contributed by atoms with Crippen LogP contribution in [0.2, 0.25) is 0 Å². The number of carbonyl (C=O) groups excluding carboxylic acids is 1. The lowest BCUT2D eigenvalue weighted by Crippen LogP contribution is -2.43. The van der Waals surface area contributed by atoms with Crippen LogP contribution in [0.4, 0.5) is 15.8 Å². The van der Waals surface area contributed by atoms with E-state index >= 15 is 0 Å². The van der Waals surface area contributed by atoms with E-state index in [2.05, 4.69) is 27.7 Å². The second kappa shape index (κ2) is 8.55. The number of nitrogens with one attached hydrogen (secondary N) is 2. The fraction of sp³-hybridized carbons (Fsp3) is 0.208. The van der Waals surface area contributed by atoms with Crippen molar-refractivity contribution in [2.24, 2.45) is 0 Å². The third kappa shape index (κ3) is 4.14. The van der Waals surface area contributed by atoms with E-state index in [0.717, 1.165) is 37.4 Å². The molecule has 0 atom stereocenters. The van der Waals surface area contributed by atoms with Crippen LogP contribution >= 0.6 is 0 Å². The SMILES string of the molecule is CC(=O)Nc1ccc(-c2cccc(-c3cccc(N4CCNCC4)c3)c2O)cc1F. The highest BCUT2D eigenvalue weighted by atomic mass is 19.1. The van der Waals surface area contributed by atoms with Gasteiger partial charge in [0.2, 0.25) is 5.91 Å². The van der Waals surface area contributed by atoms with Gasteiger partial charge in [-0.2, -0.15) is 0 Å². The molecule has 5 nitrogen and oxygen atoms in total. The molecule has 3 aromatic rings. The van der Waals surface area contributed by atoms with Gasteiger partial charge in [-0.05, 0) is 35.4 Å². The minimum atomic E-state index is -0.548. The van der Waals surface area contributed by atoms with Crippen molar-refractivity contribution in [3.63, 3.8) is 0 Å². The fourth-order valence-electron chi connectivity index (χ4n) is 3.78. The van der Waals surface area contributed by atoms with Gasteiger partial charge in [0.1, 0.15) is 11.6 Å². The molecule has 1 fully saturated rings. The third-order valence-corrected chi connectivity index (χ3v) is 5.27. The fourth-order valence-corrected chi connectivity index (χ4v) is 3.78. The second-order valence-corrected chi connectivity index (χ2v) is 7.36. The maximum atomic E-state index is 14.4. The van der Waals surface area contributed by atoms with Crippen molar-refractivity contribution in [1.29, 1.82) is 0 Å². The maximum absolute atomic E-state index is 14.4. The molecule has 30 heavy (non-hydrogen) atoms. The molecule has 0 unspecified atom stereocenters. The van der Waals surface area contributed by atoms with E-state index in [1.54, 1.807) is 12.1 Å². The summed E-state index contributed by atoms with van der Waals surface area (Å²) in [5.74, 6) is -0.786. The van der Waals surface area contributed by atoms with Gasteiger partial charge in [0.05, 0.1) is 5.69 Å². The number of anilines is 2. The van der Waals surface area contributed by atoms with Crippen LogP contribution in [0, 0.1) is 5.82 Å². The number of amides is 1. The molecule has 1 saturated heterocycles. The molecule has 0 aliphatic carbocycles. The normalized spacial score (nSPS) is 13.9. The van der Waals surface area contributed by atoms with E-state index in [1.807, 2.05) is 24.3 Å². The predicted molar refractivity (Wildman–Crippen MR) is 118 cm³/mol. The first-order valence-electron chi connectivity index (χ1n) is 9.98. The smallest absolute Gasteiger partial charge is 0.221 e. The highest BCUT2D eigenvalue weighted by molar-refractivity contribution is 5.89. The maximum Gasteiger partial charge on any atom is 0.221 e. The lowest BCUT2D eigenvalue weighted by atomic mass is 9.96. The van der Waals surface area contributed by atoms with E-state index in [4.69, 9.17) is 0 Å². The summed E-state index contributed by atoms with van der Waals surface area (Å²) in [5.41, 5.74) is 3.90. The summed E-state index contributed by atoms with van der Waals surface area (Å²) in [6.07, 6.45) is 0. The highest BCUT2D eigenvalue weighted by Gasteiger charge is 2.15. The molecule has 3 N–H and O–H groups in total. The minimum Gasteiger partial charge on any atom is -0.507 e. The van der Waals surface area contributed by atoms with Crippen molar-refractivity contribution in [2.75, 3.05) is 36.4 Å². The first-order chi connectivity index (χ1) is 14.5. The van der Waals surface area contributed by atoms with E-state index in [-0.39, 0.29) is 17.3 Å². The number of phenolic OH excluding ortho intramolecular Hbond substituents is 1. The van der Waals surface area contributed by atoms with Gasteiger partial charge in [-0.25, -0.2) is 4.39 Å². The van der Waals surface area contributed by atoms with Crippen LogP contribution in [-0.2, 0) is 4.79 Å². The average molecular weight is 405 g/mol. The first-order valence-corrected chi connectivity index (χ1v) is 9.98. The van der Waals surface area contributed by atoms with Gasteiger partial charge in [-0.3, -0.25) is 4.79 Å². The van der Waals surface area contributed by atoms with Gasteiger partial charge in [-0.15, -0.1) is 0 Å². The molecule has 0 aromatic heterocycles. The van der Waals surface area contributed by atoms with Crippen molar-refractivity contribution in [2.45, 2.75) is 6.92 Å². The number of carbonyl (C=O) groups is 1. The number of para-hydroxylation sites is 1. The lowest BCUT2D eigenvalue weighted by Gasteiger charge is -2.29. The van der Waals surface area contributed by atoms with Crippen LogP contribution in [-0.4, -0.2) is 37.2 Å². The van der Waals surface area contributed by atoms with Gasteiger partial charge < -0.3 is 20.6 Å². The number of nitrogens with zero attached hydrogens (tertiary/aromatic N) is 1. The van der Waals surface area contributed by atoms with Crippen molar-refractivity contribution >= 4 is 17.3 Å². The topological polar surface area (TPSA) is 64.6 Å². The number of benzene rings is 3. The standard InChI is InChI=1S/C24H24FN3O2/c1-16(29)27-23-9-8-18(15-22(23)25)21-7-3-6-20(24(21)30)17-4-2-5-19(14-17)28-12-10-26-11-13-28/h2-9,14-15,26,30H,10-13H2,1H3,(H,27,29). The van der Waals surface area contributed by atoms with Crippen molar-refractivity contribution in [1.82, 2.24) is 5.32 Å². The van der Waals surface area contributed by atoms with Crippen LogP contribution < -0.4 is 15.5 Å². The van der Waals surface area contributed by atoms with Gasteiger partial charge in [0, 0.05) is 49.9 Å². The number of hydrogen-bond donors (Lipinski definition) is 3. The monoisotopic (exact) mass is 405 g/mol. The van der Waals surface area contributed by atoms with Crippen molar-refractivity contribution in [3.8, 4) is 28.0 Å². The first kappa shape index (κ1) is 19.9.